The Morgan fingerprint density at radius 2 is 1.08 bits per heavy atom. The molecule has 0 bridgehead atoms. The number of ketones is 1. The first-order valence-corrected chi connectivity index (χ1v) is 15.1. The minimum absolute atomic E-state index is 0.172. The van der Waals surface area contributed by atoms with Crippen molar-refractivity contribution in [3.05, 3.63) is 0 Å². The zero-order chi connectivity index (χ0) is 27.8. The Bertz CT molecular complexity index is 558. The predicted octanol–water partition coefficient (Wildman–Crippen LogP) is 7.99. The molecule has 6 nitrogen and oxygen atoms in total. The Balaban J connectivity index is 3.53. The van der Waals surface area contributed by atoms with Gasteiger partial charge in [0.25, 0.3) is 0 Å². The average Bonchev–Trinajstić information content (AvgIpc) is 2.85. The number of esters is 1. The molecule has 0 aliphatic rings. The maximum absolute atomic E-state index is 12.4. The minimum atomic E-state index is -0.971. The maximum atomic E-state index is 12.4. The molecular weight excluding hydrogens is 468 g/mol. The number of carbonyl (C=O) groups is 2. The summed E-state index contributed by atoms with van der Waals surface area (Å²) < 4.78 is 21.6. The van der Waals surface area contributed by atoms with Crippen LogP contribution in [0.3, 0.4) is 0 Å². The van der Waals surface area contributed by atoms with Crippen LogP contribution in [0.4, 0.5) is 0 Å². The molecule has 0 fully saturated rings. The van der Waals surface area contributed by atoms with Crippen LogP contribution in [-0.2, 0) is 28.5 Å². The topological polar surface area (TPSA) is 71.1 Å². The van der Waals surface area contributed by atoms with Crippen LogP contribution in [0.25, 0.3) is 0 Å². The van der Waals surface area contributed by atoms with E-state index in [4.69, 9.17) is 18.9 Å². The predicted molar refractivity (Wildman–Crippen MR) is 152 cm³/mol. The van der Waals surface area contributed by atoms with Gasteiger partial charge in [-0.1, -0.05) is 103 Å². The van der Waals surface area contributed by atoms with Gasteiger partial charge in [0.2, 0.25) is 0 Å². The smallest absolute Gasteiger partial charge is 0.332 e. The first-order valence-electron chi connectivity index (χ1n) is 15.1. The monoisotopic (exact) mass is 528 g/mol. The van der Waals surface area contributed by atoms with Gasteiger partial charge >= 0.3 is 5.97 Å². The molecule has 0 saturated carbocycles. The molecule has 0 aliphatic heterocycles. The molecule has 0 atom stereocenters. The normalized spacial score (nSPS) is 12.2. The number of unbranched alkanes of at least 4 members (excludes halogenated alkanes) is 15. The molecule has 0 aliphatic carbocycles. The molecule has 0 rings (SSSR count). The highest BCUT2D eigenvalue weighted by Crippen LogP contribution is 2.17. The van der Waals surface area contributed by atoms with E-state index < -0.39 is 11.6 Å². The average molecular weight is 529 g/mol. The lowest BCUT2D eigenvalue weighted by atomic mass is 10.0. The summed E-state index contributed by atoms with van der Waals surface area (Å²) in [7, 11) is 1.66. The second kappa shape index (κ2) is 23.0. The number of Topliss-reactive ketones (excluding diaryl/α,β-unsaturated/α-hetero) is 1. The molecule has 0 saturated heterocycles. The van der Waals surface area contributed by atoms with Crippen LogP contribution in [0, 0.1) is 0 Å². The van der Waals surface area contributed by atoms with Crippen molar-refractivity contribution < 1.29 is 28.5 Å². The lowest BCUT2D eigenvalue weighted by Gasteiger charge is -2.27. The molecule has 6 heteroatoms. The first-order chi connectivity index (χ1) is 17.6. The van der Waals surface area contributed by atoms with Gasteiger partial charge in [-0.05, 0) is 40.5 Å². The van der Waals surface area contributed by atoms with Crippen LogP contribution in [0.2, 0.25) is 0 Å². The Kier molecular flexibility index (Phi) is 22.3. The number of methoxy groups -OCH3 is 1. The van der Waals surface area contributed by atoms with Crippen molar-refractivity contribution in [2.45, 2.75) is 155 Å². The second-order valence-corrected chi connectivity index (χ2v) is 11.5. The Morgan fingerprint density at radius 1 is 0.622 bits per heavy atom. The summed E-state index contributed by atoms with van der Waals surface area (Å²) in [4.78, 5) is 24.2. The van der Waals surface area contributed by atoms with Crippen LogP contribution in [-0.4, -0.2) is 56.5 Å². The SMILES string of the molecule is CCCCCCCCCCCCCCCCCCOC(=O)COCC(=O)C(C)(C)OCCC(C)(C)OC. The molecular formula is C31H60O6. The number of hydrogen-bond donors (Lipinski definition) is 0. The molecule has 0 aromatic carbocycles. The summed E-state index contributed by atoms with van der Waals surface area (Å²) in [5, 5.41) is 0. The van der Waals surface area contributed by atoms with E-state index in [1.165, 1.54) is 89.9 Å². The van der Waals surface area contributed by atoms with E-state index in [1.54, 1.807) is 21.0 Å². The van der Waals surface area contributed by atoms with E-state index in [0.29, 0.717) is 19.6 Å². The fourth-order valence-electron chi connectivity index (χ4n) is 4.01. The van der Waals surface area contributed by atoms with E-state index in [-0.39, 0.29) is 24.6 Å². The third kappa shape index (κ3) is 22.7. The van der Waals surface area contributed by atoms with Gasteiger partial charge in [0.05, 0.1) is 18.8 Å². The highest BCUT2D eigenvalue weighted by atomic mass is 16.6. The molecule has 0 spiro atoms. The van der Waals surface area contributed by atoms with Crippen LogP contribution in [0.5, 0.6) is 0 Å². The molecule has 0 N–H and O–H groups in total. The third-order valence-electron chi connectivity index (χ3n) is 7.11. The highest BCUT2D eigenvalue weighted by molar-refractivity contribution is 5.87. The highest BCUT2D eigenvalue weighted by Gasteiger charge is 2.29. The number of carbonyl (C=O) groups excluding carboxylic acids is 2. The van der Waals surface area contributed by atoms with Crippen LogP contribution < -0.4 is 0 Å². The quantitative estimate of drug-likeness (QED) is 0.0795. The molecule has 0 radical (unpaired) electrons. The van der Waals surface area contributed by atoms with Gasteiger partial charge in [-0.2, -0.15) is 0 Å². The molecule has 220 valence electrons. The fourth-order valence-corrected chi connectivity index (χ4v) is 4.01. The molecule has 0 unspecified atom stereocenters. The third-order valence-corrected chi connectivity index (χ3v) is 7.11. The first kappa shape index (κ1) is 36.0. The van der Waals surface area contributed by atoms with Crippen molar-refractivity contribution in [3.63, 3.8) is 0 Å². The summed E-state index contributed by atoms with van der Waals surface area (Å²) in [6.07, 6.45) is 21.7. The summed E-state index contributed by atoms with van der Waals surface area (Å²) in [5.41, 5.74) is -1.27. The van der Waals surface area contributed by atoms with Gasteiger partial charge in [0, 0.05) is 7.11 Å². The lowest BCUT2D eigenvalue weighted by molar-refractivity contribution is -0.154. The Morgan fingerprint density at radius 3 is 1.54 bits per heavy atom. The van der Waals surface area contributed by atoms with Crippen molar-refractivity contribution in [2.24, 2.45) is 0 Å². The van der Waals surface area contributed by atoms with Gasteiger partial charge in [0.1, 0.15) is 18.8 Å². The van der Waals surface area contributed by atoms with Gasteiger partial charge in [-0.3, -0.25) is 4.79 Å². The number of ether oxygens (including phenoxy) is 4. The number of rotatable bonds is 27. The largest absolute Gasteiger partial charge is 0.464 e. The summed E-state index contributed by atoms with van der Waals surface area (Å²) in [5.74, 6) is -0.623. The maximum Gasteiger partial charge on any atom is 0.332 e. The molecule has 37 heavy (non-hydrogen) atoms. The van der Waals surface area contributed by atoms with Gasteiger partial charge in [-0.15, -0.1) is 0 Å². The van der Waals surface area contributed by atoms with E-state index in [0.717, 1.165) is 12.8 Å². The van der Waals surface area contributed by atoms with Crippen LogP contribution >= 0.6 is 0 Å². The van der Waals surface area contributed by atoms with Crippen molar-refractivity contribution in [1.82, 2.24) is 0 Å². The standard InChI is InChI=1S/C31H60O6/c1-7-8-9-10-11-12-13-14-15-16-17-18-19-20-21-22-24-36-29(33)27-35-26-28(32)31(4,5)37-25-23-30(2,3)34-6/h7-27H2,1-6H3. The minimum Gasteiger partial charge on any atom is -0.464 e. The van der Waals surface area contributed by atoms with Crippen molar-refractivity contribution in [3.8, 4) is 0 Å². The number of hydrogen-bond acceptors (Lipinski definition) is 6. The van der Waals surface area contributed by atoms with E-state index >= 15 is 0 Å². The second-order valence-electron chi connectivity index (χ2n) is 11.5. The Hall–Kier alpha value is -0.980. The molecule has 0 amide bonds. The summed E-state index contributed by atoms with van der Waals surface area (Å²) >= 11 is 0. The lowest BCUT2D eigenvalue weighted by Crippen LogP contribution is -2.39. The molecule has 0 heterocycles. The Labute approximate surface area is 228 Å². The van der Waals surface area contributed by atoms with E-state index in [9.17, 15) is 9.59 Å². The van der Waals surface area contributed by atoms with Gasteiger partial charge in [0.15, 0.2) is 5.78 Å². The summed E-state index contributed by atoms with van der Waals surface area (Å²) in [6.45, 7) is 10.1. The van der Waals surface area contributed by atoms with Crippen molar-refractivity contribution in [1.29, 1.82) is 0 Å². The van der Waals surface area contributed by atoms with Gasteiger partial charge < -0.3 is 18.9 Å². The van der Waals surface area contributed by atoms with Crippen LogP contribution in [0.15, 0.2) is 0 Å². The zero-order valence-corrected chi connectivity index (χ0v) is 25.3. The zero-order valence-electron chi connectivity index (χ0n) is 25.3. The van der Waals surface area contributed by atoms with Gasteiger partial charge in [-0.25, -0.2) is 4.79 Å². The van der Waals surface area contributed by atoms with Crippen molar-refractivity contribution >= 4 is 11.8 Å². The van der Waals surface area contributed by atoms with E-state index in [1.807, 2.05) is 13.8 Å². The van der Waals surface area contributed by atoms with Crippen molar-refractivity contribution in [2.75, 3.05) is 33.5 Å². The summed E-state index contributed by atoms with van der Waals surface area (Å²) in [6, 6.07) is 0. The van der Waals surface area contributed by atoms with E-state index in [2.05, 4.69) is 6.92 Å². The fraction of sp³-hybridized carbons (Fsp3) is 0.935. The molecule has 0 aromatic heterocycles. The van der Waals surface area contributed by atoms with Crippen LogP contribution in [0.1, 0.15) is 144 Å². The molecule has 0 aromatic rings.